The van der Waals surface area contributed by atoms with Gasteiger partial charge in [0.1, 0.15) is 11.6 Å². The highest BCUT2D eigenvalue weighted by Crippen LogP contribution is 2.23. The molecule has 1 amide bonds. The summed E-state index contributed by atoms with van der Waals surface area (Å²) in [7, 11) is 1.87. The normalized spacial score (nSPS) is 14.2. The molecule has 3 aromatic rings. The molecule has 9 heteroatoms. The molecule has 0 spiro atoms. The minimum Gasteiger partial charge on any atom is -0.353 e. The molecule has 0 saturated carbocycles. The number of piperazine rings is 1. The largest absolute Gasteiger partial charge is 0.353 e. The van der Waals surface area contributed by atoms with Gasteiger partial charge in [-0.1, -0.05) is 17.8 Å². The number of halogens is 1. The lowest BCUT2D eigenvalue weighted by molar-refractivity contribution is -0.131. The second kappa shape index (κ2) is 9.25. The van der Waals surface area contributed by atoms with Crippen molar-refractivity contribution in [1.82, 2.24) is 24.6 Å². The third-order valence-electron chi connectivity index (χ3n) is 5.09. The summed E-state index contributed by atoms with van der Waals surface area (Å²) in [4.78, 5) is 21.1. The van der Waals surface area contributed by atoms with Crippen LogP contribution in [-0.4, -0.2) is 62.5 Å². The summed E-state index contributed by atoms with van der Waals surface area (Å²) in [5.41, 5.74) is 0.806. The Labute approximate surface area is 178 Å². The van der Waals surface area contributed by atoms with Gasteiger partial charge in [-0.2, -0.15) is 0 Å². The third-order valence-corrected chi connectivity index (χ3v) is 6.11. The van der Waals surface area contributed by atoms with E-state index in [9.17, 15) is 9.18 Å². The number of aromatic nitrogens is 4. The highest BCUT2D eigenvalue weighted by molar-refractivity contribution is 7.99. The number of rotatable bonds is 6. The Bertz CT molecular complexity index is 986. The standard InChI is InChI=1S/C21H23FN6OS/c1-26-20(16-5-7-17(22)8-6-16)24-25-21(26)30-15-9-19(29)28-13-11-27(12-14-28)18-4-2-3-10-23-18/h2-8,10H,9,11-15H2,1H3. The fourth-order valence-electron chi connectivity index (χ4n) is 3.40. The van der Waals surface area contributed by atoms with Crippen LogP contribution in [0, 0.1) is 5.82 Å². The number of amides is 1. The van der Waals surface area contributed by atoms with Crippen molar-refractivity contribution < 1.29 is 9.18 Å². The highest BCUT2D eigenvalue weighted by Gasteiger charge is 2.22. The van der Waals surface area contributed by atoms with Crippen LogP contribution >= 0.6 is 11.8 Å². The molecule has 1 saturated heterocycles. The predicted molar refractivity (Wildman–Crippen MR) is 115 cm³/mol. The van der Waals surface area contributed by atoms with E-state index in [0.29, 0.717) is 31.1 Å². The number of nitrogens with zero attached hydrogens (tertiary/aromatic N) is 6. The lowest BCUT2D eigenvalue weighted by Gasteiger charge is -2.35. The minimum atomic E-state index is -0.283. The van der Waals surface area contributed by atoms with Crippen LogP contribution in [0.4, 0.5) is 10.2 Å². The van der Waals surface area contributed by atoms with Gasteiger partial charge in [0.2, 0.25) is 5.91 Å². The Balaban J connectivity index is 1.26. The zero-order valence-electron chi connectivity index (χ0n) is 16.7. The molecule has 30 heavy (non-hydrogen) atoms. The van der Waals surface area contributed by atoms with Crippen molar-refractivity contribution >= 4 is 23.5 Å². The van der Waals surface area contributed by atoms with Gasteiger partial charge in [-0.25, -0.2) is 9.37 Å². The number of carbonyl (C=O) groups is 1. The molecule has 3 heterocycles. The van der Waals surface area contributed by atoms with E-state index in [1.165, 1.54) is 23.9 Å². The zero-order chi connectivity index (χ0) is 20.9. The quantitative estimate of drug-likeness (QED) is 0.565. The van der Waals surface area contributed by atoms with E-state index in [1.807, 2.05) is 34.7 Å². The van der Waals surface area contributed by atoms with Crippen LogP contribution in [0.15, 0.2) is 53.8 Å². The Morgan fingerprint density at radius 1 is 1.07 bits per heavy atom. The maximum absolute atomic E-state index is 13.1. The monoisotopic (exact) mass is 426 g/mol. The molecular weight excluding hydrogens is 403 g/mol. The molecule has 0 unspecified atom stereocenters. The average Bonchev–Trinajstić information content (AvgIpc) is 3.15. The topological polar surface area (TPSA) is 67.2 Å². The van der Waals surface area contributed by atoms with Crippen molar-refractivity contribution in [2.45, 2.75) is 11.6 Å². The van der Waals surface area contributed by atoms with Crippen molar-refractivity contribution in [1.29, 1.82) is 0 Å². The molecule has 156 valence electrons. The number of pyridine rings is 1. The van der Waals surface area contributed by atoms with Gasteiger partial charge in [0.25, 0.3) is 0 Å². The SMILES string of the molecule is Cn1c(SCCC(=O)N2CCN(c3ccccn3)CC2)nnc1-c1ccc(F)cc1. The molecular formula is C21H23FN6OS. The minimum absolute atomic E-state index is 0.157. The first-order chi connectivity index (χ1) is 14.6. The first kappa shape index (κ1) is 20.3. The number of thioether (sulfide) groups is 1. The van der Waals surface area contributed by atoms with Crippen LogP contribution in [0.1, 0.15) is 6.42 Å². The van der Waals surface area contributed by atoms with Crippen molar-refractivity contribution in [2.24, 2.45) is 7.05 Å². The molecule has 0 aliphatic carbocycles. The molecule has 0 radical (unpaired) electrons. The Hall–Kier alpha value is -2.94. The summed E-state index contributed by atoms with van der Waals surface area (Å²) >= 11 is 1.50. The smallest absolute Gasteiger partial charge is 0.223 e. The van der Waals surface area contributed by atoms with Gasteiger partial charge in [0.15, 0.2) is 11.0 Å². The second-order valence-electron chi connectivity index (χ2n) is 7.03. The molecule has 0 bridgehead atoms. The van der Waals surface area contributed by atoms with Gasteiger partial charge in [-0.3, -0.25) is 4.79 Å². The van der Waals surface area contributed by atoms with Gasteiger partial charge in [0, 0.05) is 57.2 Å². The molecule has 0 N–H and O–H groups in total. The lowest BCUT2D eigenvalue weighted by atomic mass is 10.2. The first-order valence-corrected chi connectivity index (χ1v) is 10.8. The summed E-state index contributed by atoms with van der Waals surface area (Å²) in [6.07, 6.45) is 2.24. The van der Waals surface area contributed by atoms with Gasteiger partial charge in [0.05, 0.1) is 0 Å². The maximum atomic E-state index is 13.1. The molecule has 1 aliphatic heterocycles. The summed E-state index contributed by atoms with van der Waals surface area (Å²) in [6, 6.07) is 12.1. The van der Waals surface area contributed by atoms with E-state index < -0.39 is 0 Å². The fraction of sp³-hybridized carbons (Fsp3) is 0.333. The van der Waals surface area contributed by atoms with Gasteiger partial charge >= 0.3 is 0 Å². The van der Waals surface area contributed by atoms with Crippen molar-refractivity contribution in [3.63, 3.8) is 0 Å². The number of benzene rings is 1. The highest BCUT2D eigenvalue weighted by atomic mass is 32.2. The summed E-state index contributed by atoms with van der Waals surface area (Å²) in [5.74, 6) is 2.14. The molecule has 1 fully saturated rings. The van der Waals surface area contributed by atoms with Crippen molar-refractivity contribution in [3.05, 3.63) is 54.5 Å². The fourth-order valence-corrected chi connectivity index (χ4v) is 4.24. The first-order valence-electron chi connectivity index (χ1n) is 9.84. The summed E-state index contributed by atoms with van der Waals surface area (Å²) < 4.78 is 15.0. The molecule has 7 nitrogen and oxygen atoms in total. The number of hydrogen-bond acceptors (Lipinski definition) is 6. The average molecular weight is 427 g/mol. The van der Waals surface area contributed by atoms with E-state index >= 15 is 0 Å². The molecule has 4 rings (SSSR count). The van der Waals surface area contributed by atoms with E-state index in [0.717, 1.165) is 29.6 Å². The number of anilines is 1. The van der Waals surface area contributed by atoms with Crippen LogP contribution in [0.3, 0.4) is 0 Å². The van der Waals surface area contributed by atoms with E-state index in [1.54, 1.807) is 18.3 Å². The molecule has 2 aromatic heterocycles. The number of carbonyl (C=O) groups excluding carboxylic acids is 1. The maximum Gasteiger partial charge on any atom is 0.223 e. The third kappa shape index (κ3) is 4.62. The van der Waals surface area contributed by atoms with Gasteiger partial charge < -0.3 is 14.4 Å². The summed E-state index contributed by atoms with van der Waals surface area (Å²) in [6.45, 7) is 3.00. The van der Waals surface area contributed by atoms with Crippen LogP contribution in [0.2, 0.25) is 0 Å². The Morgan fingerprint density at radius 3 is 2.53 bits per heavy atom. The molecule has 0 atom stereocenters. The second-order valence-corrected chi connectivity index (χ2v) is 8.09. The van der Waals surface area contributed by atoms with Gasteiger partial charge in [-0.15, -0.1) is 10.2 Å². The number of hydrogen-bond donors (Lipinski definition) is 0. The Kier molecular flexibility index (Phi) is 6.27. The zero-order valence-corrected chi connectivity index (χ0v) is 17.6. The van der Waals surface area contributed by atoms with Crippen LogP contribution in [-0.2, 0) is 11.8 Å². The van der Waals surface area contributed by atoms with Crippen molar-refractivity contribution in [3.8, 4) is 11.4 Å². The van der Waals surface area contributed by atoms with E-state index in [2.05, 4.69) is 20.1 Å². The lowest BCUT2D eigenvalue weighted by Crippen LogP contribution is -2.49. The molecule has 1 aliphatic rings. The van der Waals surface area contributed by atoms with Crippen molar-refractivity contribution in [2.75, 3.05) is 36.8 Å². The Morgan fingerprint density at radius 2 is 1.83 bits per heavy atom. The van der Waals surface area contributed by atoms with Crippen LogP contribution < -0.4 is 4.90 Å². The summed E-state index contributed by atoms with van der Waals surface area (Å²) in [5, 5.41) is 9.15. The van der Waals surface area contributed by atoms with Crippen LogP contribution in [0.25, 0.3) is 11.4 Å². The van der Waals surface area contributed by atoms with E-state index in [4.69, 9.17) is 0 Å². The van der Waals surface area contributed by atoms with E-state index in [-0.39, 0.29) is 11.7 Å². The molecule has 1 aromatic carbocycles. The van der Waals surface area contributed by atoms with Gasteiger partial charge in [-0.05, 0) is 36.4 Å². The van der Waals surface area contributed by atoms with Crippen LogP contribution in [0.5, 0.6) is 0 Å². The predicted octanol–water partition coefficient (Wildman–Crippen LogP) is 2.85.